The Labute approximate surface area is 186 Å². The Morgan fingerprint density at radius 1 is 1.23 bits per heavy atom. The summed E-state index contributed by atoms with van der Waals surface area (Å²) in [5, 5.41) is 16.9. The van der Waals surface area contributed by atoms with Gasteiger partial charge in [0.2, 0.25) is 0 Å². The number of halogens is 3. The van der Waals surface area contributed by atoms with E-state index in [1.54, 1.807) is 0 Å². The van der Waals surface area contributed by atoms with Crippen molar-refractivity contribution < 1.29 is 14.5 Å². The van der Waals surface area contributed by atoms with Crippen LogP contribution in [0.5, 0.6) is 0 Å². The zero-order valence-electron chi connectivity index (χ0n) is 15.6. The number of nitro benzene ring substituents is 1. The van der Waals surface area contributed by atoms with Crippen LogP contribution in [0.3, 0.4) is 0 Å². The highest BCUT2D eigenvalue weighted by Crippen LogP contribution is 2.38. The Bertz CT molecular complexity index is 1050. The van der Waals surface area contributed by atoms with Crippen LogP contribution in [0.1, 0.15) is 30.1 Å². The Hall–Kier alpha value is -2.68. The van der Waals surface area contributed by atoms with Crippen LogP contribution in [-0.2, 0) is 4.79 Å². The van der Waals surface area contributed by atoms with Gasteiger partial charge in [-0.25, -0.2) is 0 Å². The lowest BCUT2D eigenvalue weighted by Crippen LogP contribution is -2.37. The van der Waals surface area contributed by atoms with Crippen molar-refractivity contribution in [1.29, 1.82) is 0 Å². The van der Waals surface area contributed by atoms with Gasteiger partial charge in [-0.3, -0.25) is 24.6 Å². The Kier molecular flexibility index (Phi) is 6.60. The predicted molar refractivity (Wildman–Crippen MR) is 115 cm³/mol. The molecule has 0 aliphatic carbocycles. The van der Waals surface area contributed by atoms with Crippen molar-refractivity contribution in [3.63, 3.8) is 0 Å². The molecule has 8 nitrogen and oxygen atoms in total. The van der Waals surface area contributed by atoms with E-state index in [-0.39, 0.29) is 45.8 Å². The minimum Gasteiger partial charge on any atom is -0.294 e. The summed E-state index contributed by atoms with van der Waals surface area (Å²) in [6.07, 6.45) is 0.423. The lowest BCUT2D eigenvalue weighted by Gasteiger charge is -2.21. The third-order valence-electron chi connectivity index (χ3n) is 4.26. The smallest absolute Gasteiger partial charge is 0.270 e. The fourth-order valence-electron chi connectivity index (χ4n) is 2.96. The van der Waals surface area contributed by atoms with E-state index in [1.807, 2.05) is 6.92 Å². The first-order valence-electron chi connectivity index (χ1n) is 8.84. The van der Waals surface area contributed by atoms with Crippen molar-refractivity contribution in [2.75, 3.05) is 11.6 Å². The summed E-state index contributed by atoms with van der Waals surface area (Å²) in [6, 6.07) is 8.25. The molecule has 156 valence electrons. The standard InChI is InChI=1S/C19H15Cl3N4O4/c1-2-6-24(19(28)11-4-3-5-13(7-11)26(29)30)16-10-17(27)25(23-16)18-14(21)8-12(20)9-15(18)22/h3-5,7-9H,2,6,10H2,1H3. The van der Waals surface area contributed by atoms with Crippen molar-refractivity contribution in [3.8, 4) is 0 Å². The van der Waals surface area contributed by atoms with E-state index in [4.69, 9.17) is 34.8 Å². The number of non-ortho nitro benzene ring substituents is 1. The molecule has 0 radical (unpaired) electrons. The van der Waals surface area contributed by atoms with Crippen molar-refractivity contribution in [3.05, 3.63) is 67.1 Å². The lowest BCUT2D eigenvalue weighted by molar-refractivity contribution is -0.384. The maximum Gasteiger partial charge on any atom is 0.270 e. The predicted octanol–water partition coefficient (Wildman–Crippen LogP) is 5.16. The normalized spacial score (nSPS) is 13.4. The molecule has 30 heavy (non-hydrogen) atoms. The molecule has 0 saturated carbocycles. The van der Waals surface area contributed by atoms with Crippen LogP contribution in [0.4, 0.5) is 11.4 Å². The molecular formula is C19H15Cl3N4O4. The summed E-state index contributed by atoms with van der Waals surface area (Å²) in [6.45, 7) is 2.12. The van der Waals surface area contributed by atoms with E-state index in [9.17, 15) is 19.7 Å². The topological polar surface area (TPSA) is 96.1 Å². The van der Waals surface area contributed by atoms with Gasteiger partial charge in [0, 0.05) is 29.3 Å². The summed E-state index contributed by atoms with van der Waals surface area (Å²) in [5.41, 5.74) is 0.0823. The number of hydrogen-bond acceptors (Lipinski definition) is 5. The first kappa shape index (κ1) is 22.0. The molecule has 0 bridgehead atoms. The number of carbonyl (C=O) groups is 2. The molecule has 0 spiro atoms. The van der Waals surface area contributed by atoms with Gasteiger partial charge in [-0.2, -0.15) is 10.1 Å². The molecule has 0 fully saturated rings. The van der Waals surface area contributed by atoms with Gasteiger partial charge in [0.05, 0.1) is 21.4 Å². The largest absolute Gasteiger partial charge is 0.294 e. The van der Waals surface area contributed by atoms with Gasteiger partial charge in [0.25, 0.3) is 17.5 Å². The summed E-state index contributed by atoms with van der Waals surface area (Å²) < 4.78 is 0. The van der Waals surface area contributed by atoms with Crippen molar-refractivity contribution >= 4 is 63.8 Å². The first-order valence-corrected chi connectivity index (χ1v) is 9.97. The second-order valence-corrected chi connectivity index (χ2v) is 7.63. The lowest BCUT2D eigenvalue weighted by atomic mass is 10.1. The molecule has 0 unspecified atom stereocenters. The Morgan fingerprint density at radius 3 is 2.50 bits per heavy atom. The number of hydrogen-bond donors (Lipinski definition) is 0. The average molecular weight is 470 g/mol. The molecular weight excluding hydrogens is 455 g/mol. The maximum atomic E-state index is 13.0. The van der Waals surface area contributed by atoms with Gasteiger partial charge in [-0.1, -0.05) is 47.8 Å². The fraction of sp³-hybridized carbons (Fsp3) is 0.211. The monoisotopic (exact) mass is 468 g/mol. The number of rotatable bonds is 5. The van der Waals surface area contributed by atoms with E-state index < -0.39 is 16.7 Å². The van der Waals surface area contributed by atoms with E-state index in [2.05, 4.69) is 5.10 Å². The minimum absolute atomic E-state index is 0.119. The summed E-state index contributed by atoms with van der Waals surface area (Å²) in [4.78, 5) is 37.4. The second kappa shape index (κ2) is 8.99. The highest BCUT2D eigenvalue weighted by Gasteiger charge is 2.34. The third kappa shape index (κ3) is 4.40. The van der Waals surface area contributed by atoms with E-state index >= 15 is 0 Å². The van der Waals surface area contributed by atoms with E-state index in [0.717, 1.165) is 5.01 Å². The Morgan fingerprint density at radius 2 is 1.90 bits per heavy atom. The van der Waals surface area contributed by atoms with Gasteiger partial charge in [0.15, 0.2) is 0 Å². The first-order chi connectivity index (χ1) is 14.2. The van der Waals surface area contributed by atoms with Crippen LogP contribution >= 0.6 is 34.8 Å². The average Bonchev–Trinajstić information content (AvgIpc) is 3.06. The van der Waals surface area contributed by atoms with Crippen LogP contribution in [0.2, 0.25) is 15.1 Å². The minimum atomic E-state index is -0.580. The number of benzene rings is 2. The van der Waals surface area contributed by atoms with Crippen LogP contribution in [0.15, 0.2) is 41.5 Å². The van der Waals surface area contributed by atoms with Crippen LogP contribution < -0.4 is 5.01 Å². The highest BCUT2D eigenvalue weighted by atomic mass is 35.5. The number of amidine groups is 1. The molecule has 2 amide bonds. The number of amides is 2. The van der Waals surface area contributed by atoms with Gasteiger partial charge < -0.3 is 0 Å². The quantitative estimate of drug-likeness (QED) is 0.446. The van der Waals surface area contributed by atoms with Crippen LogP contribution in [0, 0.1) is 10.1 Å². The maximum absolute atomic E-state index is 13.0. The summed E-state index contributed by atoms with van der Waals surface area (Å²) in [7, 11) is 0. The number of carbonyl (C=O) groups excluding carboxylic acids is 2. The van der Waals surface area contributed by atoms with Gasteiger partial charge in [-0.15, -0.1) is 0 Å². The zero-order chi connectivity index (χ0) is 22.0. The van der Waals surface area contributed by atoms with E-state index in [1.165, 1.54) is 41.3 Å². The van der Waals surface area contributed by atoms with Gasteiger partial charge >= 0.3 is 0 Å². The van der Waals surface area contributed by atoms with E-state index in [0.29, 0.717) is 11.4 Å². The molecule has 3 rings (SSSR count). The van der Waals surface area contributed by atoms with Crippen LogP contribution in [-0.4, -0.2) is 34.0 Å². The van der Waals surface area contributed by atoms with Crippen LogP contribution in [0.25, 0.3) is 0 Å². The highest BCUT2D eigenvalue weighted by molar-refractivity contribution is 6.42. The van der Waals surface area contributed by atoms with Crippen molar-refractivity contribution in [2.45, 2.75) is 19.8 Å². The fourth-order valence-corrected chi connectivity index (χ4v) is 3.93. The van der Waals surface area contributed by atoms with Crippen molar-refractivity contribution in [2.24, 2.45) is 5.10 Å². The van der Waals surface area contributed by atoms with Gasteiger partial charge in [0.1, 0.15) is 11.5 Å². The Balaban J connectivity index is 1.98. The van der Waals surface area contributed by atoms with Crippen molar-refractivity contribution in [1.82, 2.24) is 4.90 Å². The molecule has 2 aromatic carbocycles. The molecule has 0 atom stereocenters. The molecule has 0 saturated heterocycles. The summed E-state index contributed by atoms with van der Waals surface area (Å²) in [5.74, 6) is -0.730. The number of anilines is 1. The molecule has 11 heteroatoms. The zero-order valence-corrected chi connectivity index (χ0v) is 17.9. The number of hydrazone groups is 1. The second-order valence-electron chi connectivity index (χ2n) is 6.38. The molecule has 1 heterocycles. The molecule has 2 aromatic rings. The molecule has 1 aliphatic heterocycles. The van der Waals surface area contributed by atoms with Gasteiger partial charge in [-0.05, 0) is 24.6 Å². The molecule has 0 N–H and O–H groups in total. The summed E-state index contributed by atoms with van der Waals surface area (Å²) >= 11 is 18.3. The molecule has 0 aromatic heterocycles. The third-order valence-corrected chi connectivity index (χ3v) is 5.06. The SMILES string of the molecule is CCCN(C(=O)c1cccc([N+](=O)[O-])c1)C1=NN(c2c(Cl)cc(Cl)cc2Cl)C(=O)C1. The number of nitrogens with zero attached hydrogens (tertiary/aromatic N) is 4. The molecule has 1 aliphatic rings. The number of nitro groups is 1.